The molecule has 3 aromatic rings. The van der Waals surface area contributed by atoms with Crippen molar-refractivity contribution in [3.05, 3.63) is 94.8 Å². The monoisotopic (exact) mass is 494 g/mol. The van der Waals surface area contributed by atoms with Gasteiger partial charge in [-0.15, -0.1) is 0 Å². The number of sulfone groups is 1. The average Bonchev–Trinajstić information content (AvgIpc) is 2.73. The number of nitrogens with one attached hydrogen (secondary N) is 2. The van der Waals surface area contributed by atoms with Crippen LogP contribution in [0.3, 0.4) is 0 Å². The number of benzene rings is 3. The van der Waals surface area contributed by atoms with Gasteiger partial charge in [-0.3, -0.25) is 9.59 Å². The molecule has 0 saturated heterocycles. The highest BCUT2D eigenvalue weighted by molar-refractivity contribution is 7.89. The number of amides is 2. The van der Waals surface area contributed by atoms with Crippen LogP contribution in [0.25, 0.3) is 0 Å². The lowest BCUT2D eigenvalue weighted by Crippen LogP contribution is -2.18. The SMILES string of the molecule is CS(=O)(=O)Cc1cccc(C(=O)Nc2ccc(NC(=O)c3ccccc3F)cc2C(F)(F)F)c1. The molecule has 178 valence electrons. The van der Waals surface area contributed by atoms with Crippen LogP contribution in [0.15, 0.2) is 66.7 Å². The summed E-state index contributed by atoms with van der Waals surface area (Å²) in [6.07, 6.45) is -3.87. The van der Waals surface area contributed by atoms with Crippen LogP contribution in [0.4, 0.5) is 28.9 Å². The summed E-state index contributed by atoms with van der Waals surface area (Å²) in [5.41, 5.74) is -2.14. The van der Waals surface area contributed by atoms with Gasteiger partial charge < -0.3 is 10.6 Å². The van der Waals surface area contributed by atoms with Gasteiger partial charge in [-0.25, -0.2) is 12.8 Å². The second-order valence-corrected chi connectivity index (χ2v) is 9.56. The molecule has 0 unspecified atom stereocenters. The van der Waals surface area contributed by atoms with Crippen molar-refractivity contribution in [3.63, 3.8) is 0 Å². The maximum Gasteiger partial charge on any atom is 0.418 e. The van der Waals surface area contributed by atoms with E-state index in [4.69, 9.17) is 0 Å². The molecule has 3 aromatic carbocycles. The Morgan fingerprint density at radius 1 is 0.882 bits per heavy atom. The van der Waals surface area contributed by atoms with Gasteiger partial charge in [0.2, 0.25) is 0 Å². The Labute approximate surface area is 192 Å². The Morgan fingerprint density at radius 3 is 2.24 bits per heavy atom. The van der Waals surface area contributed by atoms with Crippen LogP contribution in [0.1, 0.15) is 31.8 Å². The first-order valence-corrected chi connectivity index (χ1v) is 11.7. The minimum Gasteiger partial charge on any atom is -0.322 e. The van der Waals surface area contributed by atoms with Gasteiger partial charge in [0.1, 0.15) is 5.82 Å². The van der Waals surface area contributed by atoms with E-state index in [9.17, 15) is 35.6 Å². The molecule has 0 aliphatic rings. The van der Waals surface area contributed by atoms with Crippen molar-refractivity contribution >= 4 is 33.0 Å². The normalized spacial score (nSPS) is 11.7. The van der Waals surface area contributed by atoms with Crippen molar-refractivity contribution in [1.29, 1.82) is 0 Å². The molecule has 34 heavy (non-hydrogen) atoms. The summed E-state index contributed by atoms with van der Waals surface area (Å²) in [6, 6.07) is 13.2. The average molecular weight is 494 g/mol. The first kappa shape index (κ1) is 24.9. The van der Waals surface area contributed by atoms with Crippen LogP contribution >= 0.6 is 0 Å². The second-order valence-electron chi connectivity index (χ2n) is 7.42. The Hall–Kier alpha value is -3.73. The molecule has 3 rings (SSSR count). The summed E-state index contributed by atoms with van der Waals surface area (Å²) in [4.78, 5) is 24.8. The van der Waals surface area contributed by atoms with Gasteiger partial charge in [-0.1, -0.05) is 24.3 Å². The summed E-state index contributed by atoms with van der Waals surface area (Å²) < 4.78 is 77.7. The number of hydrogen-bond donors (Lipinski definition) is 2. The summed E-state index contributed by atoms with van der Waals surface area (Å²) in [5, 5.41) is 4.37. The van der Waals surface area contributed by atoms with Crippen LogP contribution in [0, 0.1) is 5.82 Å². The fourth-order valence-corrected chi connectivity index (χ4v) is 3.89. The van der Waals surface area contributed by atoms with E-state index < -0.39 is 44.9 Å². The van der Waals surface area contributed by atoms with Gasteiger partial charge in [0.15, 0.2) is 9.84 Å². The molecule has 0 fully saturated rings. The summed E-state index contributed by atoms with van der Waals surface area (Å²) >= 11 is 0. The molecule has 0 spiro atoms. The number of anilines is 2. The highest BCUT2D eigenvalue weighted by atomic mass is 32.2. The molecule has 0 aliphatic heterocycles. The van der Waals surface area contributed by atoms with Crippen LogP contribution in [-0.2, 0) is 21.8 Å². The summed E-state index contributed by atoms with van der Waals surface area (Å²) in [6.45, 7) is 0. The molecule has 0 atom stereocenters. The lowest BCUT2D eigenvalue weighted by molar-refractivity contribution is -0.136. The summed E-state index contributed by atoms with van der Waals surface area (Å²) in [7, 11) is -3.38. The standard InChI is InChI=1S/C23H18F4N2O4S/c1-34(32,33)13-14-5-4-6-15(11-14)21(30)29-20-10-9-16(12-18(20)23(25,26)27)28-22(31)17-7-2-3-8-19(17)24/h2-12H,13H2,1H3,(H,28,31)(H,29,30). The van der Waals surface area contributed by atoms with Gasteiger partial charge in [0.05, 0.1) is 22.6 Å². The van der Waals surface area contributed by atoms with E-state index in [1.54, 1.807) is 0 Å². The van der Waals surface area contributed by atoms with E-state index in [1.807, 2.05) is 0 Å². The quantitative estimate of drug-likeness (QED) is 0.477. The topological polar surface area (TPSA) is 92.3 Å². The Balaban J connectivity index is 1.86. The first-order chi connectivity index (χ1) is 15.8. The highest BCUT2D eigenvalue weighted by Crippen LogP contribution is 2.37. The molecule has 0 aliphatic carbocycles. The van der Waals surface area contributed by atoms with E-state index in [2.05, 4.69) is 10.6 Å². The zero-order chi connectivity index (χ0) is 25.1. The van der Waals surface area contributed by atoms with Crippen molar-refractivity contribution in [3.8, 4) is 0 Å². The molecule has 11 heteroatoms. The summed E-state index contributed by atoms with van der Waals surface area (Å²) in [5.74, 6) is -2.99. The van der Waals surface area contributed by atoms with Gasteiger partial charge in [0.25, 0.3) is 11.8 Å². The highest BCUT2D eigenvalue weighted by Gasteiger charge is 2.34. The predicted octanol–water partition coefficient (Wildman–Crippen LogP) is 4.89. The Kier molecular flexibility index (Phi) is 7.06. The van der Waals surface area contributed by atoms with Crippen LogP contribution in [-0.4, -0.2) is 26.5 Å². The van der Waals surface area contributed by atoms with E-state index in [0.717, 1.165) is 24.5 Å². The van der Waals surface area contributed by atoms with Crippen LogP contribution < -0.4 is 10.6 Å². The van der Waals surface area contributed by atoms with Crippen molar-refractivity contribution in [2.24, 2.45) is 0 Å². The number of halogens is 4. The molecule has 0 saturated carbocycles. The molecule has 0 bridgehead atoms. The molecule has 0 heterocycles. The number of carbonyl (C=O) groups is 2. The zero-order valence-corrected chi connectivity index (χ0v) is 18.4. The zero-order valence-electron chi connectivity index (χ0n) is 17.6. The molecule has 0 radical (unpaired) electrons. The molecule has 6 nitrogen and oxygen atoms in total. The predicted molar refractivity (Wildman–Crippen MR) is 119 cm³/mol. The lowest BCUT2D eigenvalue weighted by Gasteiger charge is -2.16. The van der Waals surface area contributed by atoms with E-state index >= 15 is 0 Å². The van der Waals surface area contributed by atoms with E-state index in [1.165, 1.54) is 42.5 Å². The number of rotatable bonds is 6. The Morgan fingerprint density at radius 2 is 1.59 bits per heavy atom. The van der Waals surface area contributed by atoms with Crippen molar-refractivity contribution in [1.82, 2.24) is 0 Å². The van der Waals surface area contributed by atoms with Gasteiger partial charge in [-0.05, 0) is 48.0 Å². The molecular weight excluding hydrogens is 476 g/mol. The maximum absolute atomic E-state index is 13.8. The molecular formula is C23H18F4N2O4S. The number of carbonyl (C=O) groups excluding carboxylic acids is 2. The molecule has 2 N–H and O–H groups in total. The second kappa shape index (κ2) is 9.64. The maximum atomic E-state index is 13.8. The largest absolute Gasteiger partial charge is 0.418 e. The molecule has 2 amide bonds. The number of hydrogen-bond acceptors (Lipinski definition) is 4. The van der Waals surface area contributed by atoms with Gasteiger partial charge in [-0.2, -0.15) is 13.2 Å². The first-order valence-electron chi connectivity index (χ1n) is 9.68. The third-order valence-electron chi connectivity index (χ3n) is 4.57. The van der Waals surface area contributed by atoms with E-state index in [-0.39, 0.29) is 22.6 Å². The number of alkyl halides is 3. The fraction of sp³-hybridized carbons (Fsp3) is 0.130. The minimum atomic E-state index is -4.89. The smallest absolute Gasteiger partial charge is 0.322 e. The van der Waals surface area contributed by atoms with Crippen LogP contribution in [0.2, 0.25) is 0 Å². The fourth-order valence-electron chi connectivity index (χ4n) is 3.11. The van der Waals surface area contributed by atoms with Gasteiger partial charge in [0, 0.05) is 17.5 Å². The minimum absolute atomic E-state index is 0.0359. The lowest BCUT2D eigenvalue weighted by atomic mass is 10.1. The molecule has 0 aromatic heterocycles. The van der Waals surface area contributed by atoms with E-state index in [0.29, 0.717) is 11.6 Å². The van der Waals surface area contributed by atoms with Crippen molar-refractivity contribution in [2.45, 2.75) is 11.9 Å². The van der Waals surface area contributed by atoms with Gasteiger partial charge >= 0.3 is 6.18 Å². The Bertz CT molecular complexity index is 1360. The third-order valence-corrected chi connectivity index (χ3v) is 5.43. The van der Waals surface area contributed by atoms with Crippen LogP contribution in [0.5, 0.6) is 0 Å². The van der Waals surface area contributed by atoms with Crippen molar-refractivity contribution < 1.29 is 35.6 Å². The van der Waals surface area contributed by atoms with Crippen molar-refractivity contribution in [2.75, 3.05) is 16.9 Å². The third kappa shape index (κ3) is 6.41.